The molecule has 0 radical (unpaired) electrons. The lowest BCUT2D eigenvalue weighted by molar-refractivity contribution is -0.128. The minimum absolute atomic E-state index is 0.0538. The maximum Gasteiger partial charge on any atom is 0.277 e. The molecule has 4 aliphatic rings. The first kappa shape index (κ1) is 21.8. The zero-order valence-electron chi connectivity index (χ0n) is 17.6. The molecular formula is C21H34O6S2. The average molecular weight is 447 g/mol. The van der Waals surface area contributed by atoms with Crippen molar-refractivity contribution in [3.8, 4) is 0 Å². The number of rotatable bonds is 7. The van der Waals surface area contributed by atoms with Gasteiger partial charge in [0.05, 0.1) is 30.1 Å². The van der Waals surface area contributed by atoms with Gasteiger partial charge in [-0.1, -0.05) is 26.7 Å². The lowest BCUT2D eigenvalue weighted by atomic mass is 9.70. The van der Waals surface area contributed by atoms with Crippen LogP contribution in [0.15, 0.2) is 0 Å². The third-order valence-electron chi connectivity index (χ3n) is 8.23. The average Bonchev–Trinajstić information content (AvgIpc) is 3.29. The molecular weight excluding hydrogens is 412 g/mol. The number of hydrogen-bond acceptors (Lipinski definition) is 6. The Labute approximate surface area is 176 Å². The normalized spacial score (nSPS) is 35.1. The monoisotopic (exact) mass is 446 g/mol. The number of Topliss-reactive ketones (excluding diaryl/α,β-unsaturated/α-hetero) is 2. The van der Waals surface area contributed by atoms with Crippen molar-refractivity contribution in [3.63, 3.8) is 0 Å². The molecule has 2 atom stereocenters. The first-order chi connectivity index (χ1) is 13.6. The number of hydrogen-bond donors (Lipinski definition) is 0. The molecule has 1 saturated heterocycles. The van der Waals surface area contributed by atoms with Gasteiger partial charge in [-0.25, -0.2) is 3.63 Å². The first-order valence-corrected chi connectivity index (χ1v) is 14.6. The minimum Gasteiger partial charge on any atom is -0.380 e. The van der Waals surface area contributed by atoms with E-state index < -0.39 is 25.8 Å². The van der Waals surface area contributed by atoms with E-state index in [1.54, 1.807) is 0 Å². The van der Waals surface area contributed by atoms with E-state index >= 15 is 0 Å². The SMILES string of the molecule is CC1(C)C2CCC1(CS(=O)(=O)OS1(CC(=O)C3CCCC3)CCOCC1)C(=O)C2. The predicted octanol–water partition coefficient (Wildman–Crippen LogP) is 3.24. The fraction of sp³-hybridized carbons (Fsp3) is 0.905. The van der Waals surface area contributed by atoms with Crippen LogP contribution in [-0.4, -0.2) is 56.2 Å². The third-order valence-corrected chi connectivity index (χ3v) is 13.7. The number of fused-ring (bicyclic) bond motifs is 2. The fourth-order valence-corrected chi connectivity index (χ4v) is 12.2. The molecule has 1 heterocycles. The topological polar surface area (TPSA) is 86.7 Å². The van der Waals surface area contributed by atoms with Crippen LogP contribution in [-0.2, 0) is 28.1 Å². The number of ether oxygens (including phenoxy) is 1. The molecule has 0 spiro atoms. The molecule has 4 rings (SSSR count). The Bertz CT molecular complexity index is 777. The van der Waals surface area contributed by atoms with E-state index in [2.05, 4.69) is 0 Å². The second-order valence-corrected chi connectivity index (χ2v) is 15.0. The standard InChI is InChI=1S/C21H34O6S2/c1-20(2)17-7-8-21(20,19(23)13-17)15-29(24,25)27-28(11-9-26-10-12-28)14-18(22)16-5-3-4-6-16/h16-17H,3-15H2,1-2H3. The maximum absolute atomic E-state index is 13.3. The summed E-state index contributed by atoms with van der Waals surface area (Å²) in [6, 6.07) is 0. The first-order valence-electron chi connectivity index (χ1n) is 10.9. The van der Waals surface area contributed by atoms with Crippen molar-refractivity contribution >= 4 is 32.0 Å². The van der Waals surface area contributed by atoms with Crippen LogP contribution in [0.4, 0.5) is 0 Å². The lowest BCUT2D eigenvalue weighted by Gasteiger charge is -2.42. The van der Waals surface area contributed by atoms with Crippen LogP contribution < -0.4 is 0 Å². The molecule has 1 aliphatic heterocycles. The molecule has 0 aromatic carbocycles. The highest BCUT2D eigenvalue weighted by atomic mass is 32.3. The van der Waals surface area contributed by atoms with Gasteiger partial charge >= 0.3 is 0 Å². The molecule has 166 valence electrons. The van der Waals surface area contributed by atoms with Gasteiger partial charge in [-0.15, -0.1) is 10.3 Å². The lowest BCUT2D eigenvalue weighted by Crippen LogP contribution is -2.43. The smallest absolute Gasteiger partial charge is 0.277 e. The molecule has 0 aromatic heterocycles. The Morgan fingerprint density at radius 1 is 1.17 bits per heavy atom. The quantitative estimate of drug-likeness (QED) is 0.597. The van der Waals surface area contributed by atoms with Crippen LogP contribution in [0, 0.1) is 22.7 Å². The zero-order chi connectivity index (χ0) is 20.9. The van der Waals surface area contributed by atoms with Crippen LogP contribution in [0.1, 0.15) is 58.8 Å². The Balaban J connectivity index is 1.53. The van der Waals surface area contributed by atoms with E-state index in [0.717, 1.165) is 32.1 Å². The summed E-state index contributed by atoms with van der Waals surface area (Å²) < 4.78 is 38.0. The van der Waals surface area contributed by atoms with Crippen molar-refractivity contribution in [2.24, 2.45) is 22.7 Å². The van der Waals surface area contributed by atoms with Crippen LogP contribution in [0.3, 0.4) is 0 Å². The van der Waals surface area contributed by atoms with Gasteiger partial charge in [0.15, 0.2) is 0 Å². The second-order valence-electron chi connectivity index (χ2n) is 10.0. The predicted molar refractivity (Wildman–Crippen MR) is 113 cm³/mol. The van der Waals surface area contributed by atoms with Crippen molar-refractivity contribution in [2.75, 3.05) is 36.2 Å². The van der Waals surface area contributed by atoms with E-state index in [4.69, 9.17) is 8.37 Å². The molecule has 6 nitrogen and oxygen atoms in total. The van der Waals surface area contributed by atoms with Crippen molar-refractivity contribution in [3.05, 3.63) is 0 Å². The highest BCUT2D eigenvalue weighted by molar-refractivity contribution is 8.33. The molecule has 4 fully saturated rings. The van der Waals surface area contributed by atoms with Gasteiger partial charge in [-0.3, -0.25) is 9.59 Å². The summed E-state index contributed by atoms with van der Waals surface area (Å²) in [7, 11) is -6.02. The number of ketones is 2. The molecule has 3 aliphatic carbocycles. The Morgan fingerprint density at radius 3 is 2.38 bits per heavy atom. The Morgan fingerprint density at radius 2 is 1.83 bits per heavy atom. The summed E-state index contributed by atoms with van der Waals surface area (Å²) in [5, 5.41) is 0. The summed E-state index contributed by atoms with van der Waals surface area (Å²) >= 11 is 0. The second kappa shape index (κ2) is 7.61. The van der Waals surface area contributed by atoms with E-state index in [1.807, 2.05) is 13.8 Å². The Hall–Kier alpha value is -0.440. The van der Waals surface area contributed by atoms with Crippen LogP contribution in [0.25, 0.3) is 0 Å². The van der Waals surface area contributed by atoms with E-state index in [9.17, 15) is 18.0 Å². The van der Waals surface area contributed by atoms with Crippen molar-refractivity contribution in [2.45, 2.75) is 58.8 Å². The summed E-state index contributed by atoms with van der Waals surface area (Å²) in [6.45, 7) is 4.93. The van der Waals surface area contributed by atoms with Gasteiger partial charge < -0.3 is 4.74 Å². The highest BCUT2D eigenvalue weighted by Gasteiger charge is 2.65. The molecule has 3 saturated carbocycles. The summed E-state index contributed by atoms with van der Waals surface area (Å²) in [5.41, 5.74) is -1.16. The molecule has 8 heteroatoms. The van der Waals surface area contributed by atoms with Gasteiger partial charge in [0.25, 0.3) is 10.1 Å². The molecule has 0 amide bonds. The molecule has 0 aromatic rings. The van der Waals surface area contributed by atoms with E-state index in [1.165, 1.54) is 0 Å². The van der Waals surface area contributed by atoms with Gasteiger partial charge in [0, 0.05) is 23.8 Å². The van der Waals surface area contributed by atoms with Gasteiger partial charge in [-0.2, -0.15) is 8.42 Å². The van der Waals surface area contributed by atoms with Gasteiger partial charge in [0.2, 0.25) is 0 Å². The minimum atomic E-state index is -3.93. The largest absolute Gasteiger partial charge is 0.380 e. The van der Waals surface area contributed by atoms with Gasteiger partial charge in [-0.05, 0) is 37.0 Å². The third kappa shape index (κ3) is 3.83. The van der Waals surface area contributed by atoms with Gasteiger partial charge in [0.1, 0.15) is 11.6 Å². The number of carbonyl (C=O) groups excluding carboxylic acids is 2. The van der Waals surface area contributed by atoms with Crippen molar-refractivity contribution in [1.29, 1.82) is 0 Å². The summed E-state index contributed by atoms with van der Waals surface area (Å²) in [4.78, 5) is 25.7. The zero-order valence-corrected chi connectivity index (χ0v) is 19.2. The molecule has 0 N–H and O–H groups in total. The maximum atomic E-state index is 13.3. The van der Waals surface area contributed by atoms with E-state index in [0.29, 0.717) is 37.6 Å². The number of carbonyl (C=O) groups is 2. The van der Waals surface area contributed by atoms with Crippen LogP contribution >= 0.6 is 10.3 Å². The summed E-state index contributed by atoms with van der Waals surface area (Å²) in [6.07, 6.45) is 5.96. The Kier molecular flexibility index (Phi) is 5.71. The molecule has 29 heavy (non-hydrogen) atoms. The van der Waals surface area contributed by atoms with E-state index in [-0.39, 0.29) is 40.3 Å². The summed E-state index contributed by atoms with van der Waals surface area (Å²) in [5.74, 6) is 1.49. The van der Waals surface area contributed by atoms with Crippen molar-refractivity contribution < 1.29 is 26.4 Å². The van der Waals surface area contributed by atoms with Crippen molar-refractivity contribution in [1.82, 2.24) is 0 Å². The highest BCUT2D eigenvalue weighted by Crippen LogP contribution is 2.65. The fourth-order valence-electron chi connectivity index (χ4n) is 6.14. The van der Waals surface area contributed by atoms with Crippen LogP contribution in [0.5, 0.6) is 0 Å². The molecule has 2 bridgehead atoms. The van der Waals surface area contributed by atoms with Crippen LogP contribution in [0.2, 0.25) is 0 Å². The molecule has 2 unspecified atom stereocenters.